The normalized spacial score (nSPS) is 24.3. The third-order valence-electron chi connectivity index (χ3n) is 3.86. The second-order valence-corrected chi connectivity index (χ2v) is 6.57. The van der Waals surface area contributed by atoms with Gasteiger partial charge in [0.05, 0.1) is 11.9 Å². The molecule has 2 saturated heterocycles. The molecule has 1 aromatic rings. The molecule has 0 aliphatic carbocycles. The number of para-hydroxylation sites is 1. The molecule has 118 valence electrons. The number of nitrogens with zero attached hydrogens (tertiary/aromatic N) is 1. The monoisotopic (exact) mass is 320 g/mol. The minimum Gasteiger partial charge on any atom is -0.334 e. The number of benzene rings is 1. The Hall–Kier alpha value is -1.73. The van der Waals surface area contributed by atoms with Gasteiger partial charge in [0, 0.05) is 30.6 Å². The van der Waals surface area contributed by atoms with Crippen LogP contribution in [-0.4, -0.2) is 53.6 Å². The van der Waals surface area contributed by atoms with Gasteiger partial charge in [-0.3, -0.25) is 4.79 Å². The molecule has 0 bridgehead atoms. The predicted molar refractivity (Wildman–Crippen MR) is 87.8 cm³/mol. The zero-order chi connectivity index (χ0) is 15.4. The molecule has 2 atom stereocenters. The number of anilines is 1. The lowest BCUT2D eigenvalue weighted by molar-refractivity contribution is -0.131. The van der Waals surface area contributed by atoms with Crippen molar-refractivity contribution in [1.82, 2.24) is 15.5 Å². The lowest BCUT2D eigenvalue weighted by Crippen LogP contribution is -2.42. The van der Waals surface area contributed by atoms with Crippen molar-refractivity contribution in [2.24, 2.45) is 0 Å². The van der Waals surface area contributed by atoms with E-state index in [4.69, 9.17) is 0 Å². The van der Waals surface area contributed by atoms with Crippen molar-refractivity contribution in [2.75, 3.05) is 30.0 Å². The molecule has 0 spiro atoms. The summed E-state index contributed by atoms with van der Waals surface area (Å²) in [5.74, 6) is 1.95. The molecule has 3 amide bonds. The Kier molecular flexibility index (Phi) is 4.84. The topological polar surface area (TPSA) is 73.5 Å². The molecule has 6 nitrogen and oxygen atoms in total. The predicted octanol–water partition coefficient (Wildman–Crippen LogP) is 1.07. The van der Waals surface area contributed by atoms with Crippen LogP contribution >= 0.6 is 11.8 Å². The Morgan fingerprint density at radius 2 is 2.09 bits per heavy atom. The minimum atomic E-state index is -0.233. The number of carbonyl (C=O) groups excluding carboxylic acids is 2. The van der Waals surface area contributed by atoms with Crippen LogP contribution in [0.15, 0.2) is 30.3 Å². The second kappa shape index (κ2) is 7.02. The van der Waals surface area contributed by atoms with Crippen LogP contribution in [0.25, 0.3) is 0 Å². The fourth-order valence-corrected chi connectivity index (χ4v) is 3.67. The molecule has 0 saturated carbocycles. The van der Waals surface area contributed by atoms with Crippen molar-refractivity contribution < 1.29 is 9.59 Å². The van der Waals surface area contributed by atoms with E-state index in [9.17, 15) is 9.59 Å². The SMILES string of the molecule is O=C(Nc1ccccc1)N[C@@H]1CN[C@H](C(=O)N2CCSC2)C1. The molecule has 2 heterocycles. The van der Waals surface area contributed by atoms with Gasteiger partial charge in [-0.05, 0) is 18.6 Å². The highest BCUT2D eigenvalue weighted by molar-refractivity contribution is 7.99. The largest absolute Gasteiger partial charge is 0.334 e. The lowest BCUT2D eigenvalue weighted by Gasteiger charge is -2.19. The van der Waals surface area contributed by atoms with Gasteiger partial charge >= 0.3 is 6.03 Å². The average Bonchev–Trinajstić information content (AvgIpc) is 3.19. The van der Waals surface area contributed by atoms with E-state index in [1.807, 2.05) is 35.2 Å². The van der Waals surface area contributed by atoms with Crippen molar-refractivity contribution in [1.29, 1.82) is 0 Å². The van der Waals surface area contributed by atoms with E-state index in [2.05, 4.69) is 16.0 Å². The average molecular weight is 320 g/mol. The Labute approximate surface area is 134 Å². The number of nitrogens with one attached hydrogen (secondary N) is 3. The Bertz CT molecular complexity index is 534. The molecule has 3 rings (SSSR count). The van der Waals surface area contributed by atoms with Gasteiger partial charge in [-0.2, -0.15) is 0 Å². The van der Waals surface area contributed by atoms with Gasteiger partial charge in [-0.15, -0.1) is 11.8 Å². The molecule has 3 N–H and O–H groups in total. The van der Waals surface area contributed by atoms with E-state index in [1.54, 1.807) is 11.8 Å². The van der Waals surface area contributed by atoms with Crippen molar-refractivity contribution in [3.05, 3.63) is 30.3 Å². The summed E-state index contributed by atoms with van der Waals surface area (Å²) in [6, 6.07) is 8.88. The molecule has 7 heteroatoms. The highest BCUT2D eigenvalue weighted by atomic mass is 32.2. The first-order valence-corrected chi connectivity index (χ1v) is 8.60. The summed E-state index contributed by atoms with van der Waals surface area (Å²) in [5.41, 5.74) is 0.757. The molecule has 1 aromatic carbocycles. The molecule has 2 aliphatic heterocycles. The van der Waals surface area contributed by atoms with E-state index >= 15 is 0 Å². The van der Waals surface area contributed by atoms with Crippen LogP contribution < -0.4 is 16.0 Å². The standard InChI is InChI=1S/C15H20N4O2S/c20-14(19-6-7-22-10-19)13-8-12(9-16-13)18-15(21)17-11-4-2-1-3-5-11/h1-5,12-13,16H,6-10H2,(H2,17,18,21)/t12-,13-/m0/s1. The molecular formula is C15H20N4O2S. The smallest absolute Gasteiger partial charge is 0.319 e. The number of rotatable bonds is 3. The van der Waals surface area contributed by atoms with E-state index in [0.717, 1.165) is 23.9 Å². The Morgan fingerprint density at radius 1 is 1.27 bits per heavy atom. The van der Waals surface area contributed by atoms with E-state index in [1.165, 1.54) is 0 Å². The summed E-state index contributed by atoms with van der Waals surface area (Å²) in [5, 5.41) is 8.92. The summed E-state index contributed by atoms with van der Waals surface area (Å²) < 4.78 is 0. The summed E-state index contributed by atoms with van der Waals surface area (Å²) in [7, 11) is 0. The van der Waals surface area contributed by atoms with Crippen LogP contribution in [0.2, 0.25) is 0 Å². The number of amides is 3. The molecule has 2 aliphatic rings. The zero-order valence-corrected chi connectivity index (χ0v) is 13.1. The number of hydrogen-bond donors (Lipinski definition) is 3. The highest BCUT2D eigenvalue weighted by Crippen LogP contribution is 2.17. The van der Waals surface area contributed by atoms with Gasteiger partial charge in [0.15, 0.2) is 0 Å². The maximum absolute atomic E-state index is 12.3. The first-order valence-electron chi connectivity index (χ1n) is 7.45. The molecule has 0 unspecified atom stereocenters. The van der Waals surface area contributed by atoms with Gasteiger partial charge in [0.1, 0.15) is 0 Å². The number of thioether (sulfide) groups is 1. The molecule has 22 heavy (non-hydrogen) atoms. The molecule has 0 radical (unpaired) electrons. The molecular weight excluding hydrogens is 300 g/mol. The van der Waals surface area contributed by atoms with Gasteiger partial charge in [-0.25, -0.2) is 4.79 Å². The fraction of sp³-hybridized carbons (Fsp3) is 0.467. The van der Waals surface area contributed by atoms with Crippen LogP contribution in [0, 0.1) is 0 Å². The van der Waals surface area contributed by atoms with Gasteiger partial charge in [0.25, 0.3) is 0 Å². The Balaban J connectivity index is 1.46. The fourth-order valence-electron chi connectivity index (χ4n) is 2.72. The number of urea groups is 1. The van der Waals surface area contributed by atoms with Crippen molar-refractivity contribution in [2.45, 2.75) is 18.5 Å². The highest BCUT2D eigenvalue weighted by Gasteiger charge is 2.33. The maximum Gasteiger partial charge on any atom is 0.319 e. The van der Waals surface area contributed by atoms with E-state index in [0.29, 0.717) is 13.0 Å². The first-order chi connectivity index (χ1) is 10.7. The van der Waals surface area contributed by atoms with E-state index in [-0.39, 0.29) is 24.0 Å². The third kappa shape index (κ3) is 3.72. The van der Waals surface area contributed by atoms with Crippen LogP contribution in [0.3, 0.4) is 0 Å². The summed E-state index contributed by atoms with van der Waals surface area (Å²) in [4.78, 5) is 26.1. The zero-order valence-electron chi connectivity index (χ0n) is 12.2. The van der Waals surface area contributed by atoms with Crippen LogP contribution in [-0.2, 0) is 4.79 Å². The second-order valence-electron chi connectivity index (χ2n) is 5.50. The summed E-state index contributed by atoms with van der Waals surface area (Å²) in [6.45, 7) is 1.45. The number of carbonyl (C=O) groups is 2. The van der Waals surface area contributed by atoms with Gasteiger partial charge in [0.2, 0.25) is 5.91 Å². The third-order valence-corrected chi connectivity index (χ3v) is 4.83. The molecule has 2 fully saturated rings. The number of hydrogen-bond acceptors (Lipinski definition) is 4. The van der Waals surface area contributed by atoms with Crippen LogP contribution in [0.1, 0.15) is 6.42 Å². The van der Waals surface area contributed by atoms with Crippen molar-refractivity contribution >= 4 is 29.4 Å². The minimum absolute atomic E-state index is 0.0204. The van der Waals surface area contributed by atoms with Gasteiger partial charge < -0.3 is 20.9 Å². The summed E-state index contributed by atoms with van der Waals surface area (Å²) in [6.07, 6.45) is 0.641. The quantitative estimate of drug-likeness (QED) is 0.779. The van der Waals surface area contributed by atoms with Gasteiger partial charge in [-0.1, -0.05) is 18.2 Å². The first kappa shape index (κ1) is 15.2. The Morgan fingerprint density at radius 3 is 2.82 bits per heavy atom. The van der Waals surface area contributed by atoms with Crippen LogP contribution in [0.4, 0.5) is 10.5 Å². The van der Waals surface area contributed by atoms with Crippen molar-refractivity contribution in [3.63, 3.8) is 0 Å². The lowest BCUT2D eigenvalue weighted by atomic mass is 10.1. The van der Waals surface area contributed by atoms with E-state index < -0.39 is 0 Å². The summed E-state index contributed by atoms with van der Waals surface area (Å²) >= 11 is 1.78. The maximum atomic E-state index is 12.3. The van der Waals surface area contributed by atoms with Crippen LogP contribution in [0.5, 0.6) is 0 Å². The molecule has 0 aromatic heterocycles. The van der Waals surface area contributed by atoms with Crippen molar-refractivity contribution in [3.8, 4) is 0 Å².